The van der Waals surface area contributed by atoms with E-state index in [4.69, 9.17) is 9.84 Å². The van der Waals surface area contributed by atoms with Crippen LogP contribution in [-0.4, -0.2) is 23.1 Å². The van der Waals surface area contributed by atoms with Gasteiger partial charge in [0, 0.05) is 11.3 Å². The number of Topliss-reactive ketones (excluding diaryl/α,β-unsaturated/α-hetero) is 1. The lowest BCUT2D eigenvalue weighted by atomic mass is 9.70. The maximum absolute atomic E-state index is 12.1. The Balaban J connectivity index is 2.34. The first-order chi connectivity index (χ1) is 6.80. The first-order valence-corrected chi connectivity index (χ1v) is 5.24. The molecule has 3 atom stereocenters. The molecule has 4 heteroatoms. The summed E-state index contributed by atoms with van der Waals surface area (Å²) in [5.41, 5.74) is -0.554. The van der Waals surface area contributed by atoms with E-state index in [-0.39, 0.29) is 17.1 Å². The van der Waals surface area contributed by atoms with Gasteiger partial charge in [-0.25, -0.2) is 4.79 Å². The number of rotatable bonds is 1. The minimum absolute atomic E-state index is 0.0360. The van der Waals surface area contributed by atoms with Gasteiger partial charge in [0.15, 0.2) is 11.9 Å². The Kier molecular flexibility index (Phi) is 1.91. The van der Waals surface area contributed by atoms with E-state index in [9.17, 15) is 9.59 Å². The topological polar surface area (TPSA) is 63.6 Å². The van der Waals surface area contributed by atoms with Gasteiger partial charge < -0.3 is 9.84 Å². The van der Waals surface area contributed by atoms with Crippen molar-refractivity contribution in [2.24, 2.45) is 16.7 Å². The summed E-state index contributed by atoms with van der Waals surface area (Å²) in [4.78, 5) is 22.6. The zero-order chi connectivity index (χ0) is 11.4. The van der Waals surface area contributed by atoms with Crippen molar-refractivity contribution in [3.8, 4) is 0 Å². The van der Waals surface area contributed by atoms with Crippen LogP contribution < -0.4 is 0 Å². The molecule has 0 aromatic rings. The smallest absolute Gasteiger partial charge is 0.450 e. The molecule has 0 spiro atoms. The molecule has 4 nitrogen and oxygen atoms in total. The maximum atomic E-state index is 12.1. The fourth-order valence-electron chi connectivity index (χ4n) is 3.25. The minimum atomic E-state index is -1.35. The van der Waals surface area contributed by atoms with Crippen LogP contribution in [-0.2, 0) is 9.53 Å². The molecule has 15 heavy (non-hydrogen) atoms. The molecule has 0 aromatic heterocycles. The number of carbonyl (C=O) groups is 2. The van der Waals surface area contributed by atoms with Crippen molar-refractivity contribution < 1.29 is 19.4 Å². The summed E-state index contributed by atoms with van der Waals surface area (Å²) in [6.45, 7) is 6.00. The Morgan fingerprint density at radius 2 is 2.07 bits per heavy atom. The van der Waals surface area contributed by atoms with Gasteiger partial charge in [0.2, 0.25) is 0 Å². The van der Waals surface area contributed by atoms with Gasteiger partial charge in [0.25, 0.3) is 0 Å². The third-order valence-corrected chi connectivity index (χ3v) is 4.70. The molecule has 0 amide bonds. The normalized spacial score (nSPS) is 41.9. The summed E-state index contributed by atoms with van der Waals surface area (Å²) in [7, 11) is 0. The first-order valence-electron chi connectivity index (χ1n) is 5.24. The van der Waals surface area contributed by atoms with Gasteiger partial charge in [0.1, 0.15) is 0 Å². The number of carbonyl (C=O) groups excluding carboxylic acids is 1. The third-order valence-electron chi connectivity index (χ3n) is 4.70. The molecule has 2 fully saturated rings. The second kappa shape index (κ2) is 2.74. The predicted molar refractivity (Wildman–Crippen MR) is 52.5 cm³/mol. The molecule has 0 radical (unpaired) electrons. The van der Waals surface area contributed by atoms with Crippen molar-refractivity contribution >= 4 is 11.9 Å². The minimum Gasteiger partial charge on any atom is -0.450 e. The molecule has 3 unspecified atom stereocenters. The Bertz CT molecular complexity index is 333. The van der Waals surface area contributed by atoms with Gasteiger partial charge in [-0.15, -0.1) is 0 Å². The zero-order valence-electron chi connectivity index (χ0n) is 9.24. The van der Waals surface area contributed by atoms with Gasteiger partial charge >= 0.3 is 6.16 Å². The largest absolute Gasteiger partial charge is 0.506 e. The van der Waals surface area contributed by atoms with Gasteiger partial charge in [-0.2, -0.15) is 0 Å². The summed E-state index contributed by atoms with van der Waals surface area (Å²) in [5.74, 6) is 0.0113. The van der Waals surface area contributed by atoms with Gasteiger partial charge in [-0.1, -0.05) is 20.8 Å². The van der Waals surface area contributed by atoms with E-state index in [2.05, 4.69) is 0 Å². The van der Waals surface area contributed by atoms with Crippen LogP contribution in [0.2, 0.25) is 0 Å². The molecular weight excluding hydrogens is 196 g/mol. The molecule has 2 bridgehead atoms. The molecule has 2 rings (SSSR count). The number of carboxylic acid groups (broad SMARTS) is 1. The molecule has 0 heterocycles. The van der Waals surface area contributed by atoms with Crippen molar-refractivity contribution in [2.75, 3.05) is 0 Å². The molecule has 0 aromatic carbocycles. The van der Waals surface area contributed by atoms with Crippen LogP contribution in [0.25, 0.3) is 0 Å². The first kappa shape index (κ1) is 10.5. The van der Waals surface area contributed by atoms with E-state index in [1.165, 1.54) is 0 Å². The van der Waals surface area contributed by atoms with E-state index >= 15 is 0 Å². The van der Waals surface area contributed by atoms with Gasteiger partial charge in [-0.3, -0.25) is 4.79 Å². The lowest BCUT2D eigenvalue weighted by Gasteiger charge is -2.31. The average Bonchev–Trinajstić information content (AvgIpc) is 2.40. The monoisotopic (exact) mass is 212 g/mol. The van der Waals surface area contributed by atoms with Crippen LogP contribution in [0.3, 0.4) is 0 Å². The van der Waals surface area contributed by atoms with Crippen molar-refractivity contribution in [2.45, 2.75) is 39.7 Å². The van der Waals surface area contributed by atoms with Crippen LogP contribution in [0, 0.1) is 16.7 Å². The number of ether oxygens (including phenoxy) is 1. The summed E-state index contributed by atoms with van der Waals surface area (Å²) < 4.78 is 4.73. The highest BCUT2D eigenvalue weighted by molar-refractivity contribution is 5.94. The Morgan fingerprint density at radius 3 is 2.47 bits per heavy atom. The molecular formula is C11H16O4. The fourth-order valence-corrected chi connectivity index (χ4v) is 3.25. The van der Waals surface area contributed by atoms with E-state index in [1.807, 2.05) is 20.8 Å². The number of hydrogen-bond donors (Lipinski definition) is 1. The Morgan fingerprint density at radius 1 is 1.47 bits per heavy atom. The van der Waals surface area contributed by atoms with Crippen LogP contribution in [0.4, 0.5) is 4.79 Å². The summed E-state index contributed by atoms with van der Waals surface area (Å²) in [6.07, 6.45) is -0.354. The lowest BCUT2D eigenvalue weighted by Crippen LogP contribution is -2.36. The fraction of sp³-hybridized carbons (Fsp3) is 0.818. The molecule has 84 valence electrons. The summed E-state index contributed by atoms with van der Waals surface area (Å²) in [6, 6.07) is 0. The van der Waals surface area contributed by atoms with Gasteiger partial charge in [-0.05, 0) is 18.3 Å². The van der Waals surface area contributed by atoms with Crippen LogP contribution >= 0.6 is 0 Å². The standard InChI is InChI=1S/C11H16O4/c1-10(2)6-4-5-11(10,3)8(12)7(6)15-9(13)14/h6-7H,4-5H2,1-3H3,(H,13,14). The van der Waals surface area contributed by atoms with Crippen LogP contribution in [0.15, 0.2) is 0 Å². The molecule has 0 saturated heterocycles. The number of fused-ring (bicyclic) bond motifs is 2. The Labute approximate surface area is 88.6 Å². The average molecular weight is 212 g/mol. The summed E-state index contributed by atoms with van der Waals surface area (Å²) >= 11 is 0. The molecule has 1 N–H and O–H groups in total. The molecule has 2 aliphatic carbocycles. The Hall–Kier alpha value is -1.06. The highest BCUT2D eigenvalue weighted by Crippen LogP contribution is 2.64. The second-order valence-corrected chi connectivity index (χ2v) is 5.37. The number of ketones is 1. The van der Waals surface area contributed by atoms with Crippen molar-refractivity contribution in [1.29, 1.82) is 0 Å². The summed E-state index contributed by atoms with van der Waals surface area (Å²) in [5, 5.41) is 8.60. The van der Waals surface area contributed by atoms with E-state index in [0.29, 0.717) is 0 Å². The zero-order valence-corrected chi connectivity index (χ0v) is 9.24. The third kappa shape index (κ3) is 1.08. The lowest BCUT2D eigenvalue weighted by molar-refractivity contribution is -0.136. The van der Waals surface area contributed by atoms with Crippen molar-refractivity contribution in [3.05, 3.63) is 0 Å². The van der Waals surface area contributed by atoms with Crippen LogP contribution in [0.1, 0.15) is 33.6 Å². The van der Waals surface area contributed by atoms with E-state index in [0.717, 1.165) is 12.8 Å². The molecule has 2 aliphatic rings. The predicted octanol–water partition coefficient (Wildman–Crippen LogP) is 2.07. The molecule has 2 saturated carbocycles. The van der Waals surface area contributed by atoms with Crippen molar-refractivity contribution in [1.82, 2.24) is 0 Å². The highest BCUT2D eigenvalue weighted by atomic mass is 16.7. The van der Waals surface area contributed by atoms with Crippen molar-refractivity contribution in [3.63, 3.8) is 0 Å². The van der Waals surface area contributed by atoms with Crippen LogP contribution in [0.5, 0.6) is 0 Å². The molecule has 0 aliphatic heterocycles. The highest BCUT2D eigenvalue weighted by Gasteiger charge is 2.67. The van der Waals surface area contributed by atoms with Gasteiger partial charge in [0.05, 0.1) is 0 Å². The second-order valence-electron chi connectivity index (χ2n) is 5.37. The maximum Gasteiger partial charge on any atom is 0.506 e. The quantitative estimate of drug-likeness (QED) is 0.676. The number of hydrogen-bond acceptors (Lipinski definition) is 3. The SMILES string of the molecule is CC12CCC(C(OC(=O)O)C1=O)C2(C)C. The van der Waals surface area contributed by atoms with E-state index in [1.54, 1.807) is 0 Å². The van der Waals surface area contributed by atoms with E-state index < -0.39 is 17.7 Å².